The Kier molecular flexibility index (Phi) is 9.19. The first-order chi connectivity index (χ1) is 17.3. The molecule has 3 aromatic carbocycles. The van der Waals surface area contributed by atoms with Gasteiger partial charge < -0.3 is 19.7 Å². The second kappa shape index (κ2) is 12.3. The number of hydrogen-bond donors (Lipinski definition) is 1. The average Bonchev–Trinajstić information content (AvgIpc) is 2.91. The summed E-state index contributed by atoms with van der Waals surface area (Å²) >= 11 is 0. The topological polar surface area (TPSA) is 88.2 Å². The van der Waals surface area contributed by atoms with Crippen molar-refractivity contribution < 1.29 is 22.7 Å². The van der Waals surface area contributed by atoms with Crippen molar-refractivity contribution in [2.24, 2.45) is 0 Å². The molecule has 0 heterocycles. The molecule has 8 nitrogen and oxygen atoms in total. The minimum atomic E-state index is -4.08. The molecule has 0 saturated heterocycles. The minimum Gasteiger partial charge on any atom is -0.497 e. The van der Waals surface area contributed by atoms with Gasteiger partial charge in [-0.05, 0) is 67.9 Å². The zero-order chi connectivity index (χ0) is 26.1. The molecule has 0 aliphatic carbocycles. The Labute approximate surface area is 213 Å². The van der Waals surface area contributed by atoms with Gasteiger partial charge in [0.25, 0.3) is 10.0 Å². The van der Waals surface area contributed by atoms with Crippen LogP contribution in [0, 0.1) is 0 Å². The van der Waals surface area contributed by atoms with Gasteiger partial charge in [-0.3, -0.25) is 9.10 Å². The van der Waals surface area contributed by atoms with Crippen LogP contribution >= 0.6 is 0 Å². The van der Waals surface area contributed by atoms with Crippen molar-refractivity contribution in [2.45, 2.75) is 25.3 Å². The van der Waals surface area contributed by atoms with Crippen LogP contribution in [0.25, 0.3) is 0 Å². The first kappa shape index (κ1) is 26.9. The van der Waals surface area contributed by atoms with Gasteiger partial charge in [-0.25, -0.2) is 8.42 Å². The first-order valence-corrected chi connectivity index (χ1v) is 13.2. The van der Waals surface area contributed by atoms with E-state index in [-0.39, 0.29) is 17.1 Å². The number of rotatable bonds is 12. The number of nitrogens with zero attached hydrogens (tertiary/aromatic N) is 2. The zero-order valence-electron chi connectivity index (χ0n) is 21.1. The van der Waals surface area contributed by atoms with E-state index >= 15 is 0 Å². The van der Waals surface area contributed by atoms with Crippen LogP contribution in [0.3, 0.4) is 0 Å². The van der Waals surface area contributed by atoms with Crippen molar-refractivity contribution >= 4 is 27.3 Å². The maximum absolute atomic E-state index is 13.6. The van der Waals surface area contributed by atoms with Crippen LogP contribution in [0.1, 0.15) is 19.4 Å². The molecule has 0 saturated carbocycles. The largest absolute Gasteiger partial charge is 0.497 e. The van der Waals surface area contributed by atoms with Gasteiger partial charge in [-0.1, -0.05) is 24.3 Å². The van der Waals surface area contributed by atoms with Gasteiger partial charge in [0.1, 0.15) is 18.0 Å². The van der Waals surface area contributed by atoms with Crippen molar-refractivity contribution in [3.05, 3.63) is 78.4 Å². The standard InChI is InChI=1S/C27H33N3O5S/c1-5-29(6-2)22-13-11-21(12-14-22)19-28-27(31)20-30(25-9-7-8-10-26(25)35-4)36(32,33)24-17-15-23(34-3)16-18-24/h7-18H,5-6,19-20H2,1-4H3,(H,28,31). The quantitative estimate of drug-likeness (QED) is 0.395. The Balaban J connectivity index is 1.82. The number of nitrogens with one attached hydrogen (secondary N) is 1. The van der Waals surface area contributed by atoms with E-state index < -0.39 is 22.5 Å². The third kappa shape index (κ3) is 6.28. The van der Waals surface area contributed by atoms with Gasteiger partial charge in [0.05, 0.1) is 24.8 Å². The Morgan fingerprint density at radius 3 is 2.08 bits per heavy atom. The molecule has 0 unspecified atom stereocenters. The summed E-state index contributed by atoms with van der Waals surface area (Å²) in [6.07, 6.45) is 0. The van der Waals surface area contributed by atoms with E-state index in [9.17, 15) is 13.2 Å². The van der Waals surface area contributed by atoms with Crippen molar-refractivity contribution in [2.75, 3.05) is 43.1 Å². The first-order valence-electron chi connectivity index (χ1n) is 11.7. The number of hydrogen-bond acceptors (Lipinski definition) is 6. The fourth-order valence-corrected chi connectivity index (χ4v) is 5.24. The smallest absolute Gasteiger partial charge is 0.264 e. The molecule has 1 N–H and O–H groups in total. The second-order valence-electron chi connectivity index (χ2n) is 7.97. The predicted octanol–water partition coefficient (Wildman–Crippen LogP) is 4.06. The SMILES string of the molecule is CCN(CC)c1ccc(CNC(=O)CN(c2ccccc2OC)S(=O)(=O)c2ccc(OC)cc2)cc1. The molecule has 1 amide bonds. The average molecular weight is 512 g/mol. The lowest BCUT2D eigenvalue weighted by Gasteiger charge is -2.25. The Morgan fingerprint density at radius 2 is 1.50 bits per heavy atom. The zero-order valence-corrected chi connectivity index (χ0v) is 21.9. The number of carbonyl (C=O) groups is 1. The summed E-state index contributed by atoms with van der Waals surface area (Å²) in [7, 11) is -1.12. The van der Waals surface area contributed by atoms with Crippen molar-refractivity contribution in [1.82, 2.24) is 5.32 Å². The van der Waals surface area contributed by atoms with Crippen molar-refractivity contribution in [3.8, 4) is 11.5 Å². The fourth-order valence-electron chi connectivity index (χ4n) is 3.81. The van der Waals surface area contributed by atoms with E-state index in [4.69, 9.17) is 9.47 Å². The van der Waals surface area contributed by atoms with E-state index in [1.807, 2.05) is 24.3 Å². The minimum absolute atomic E-state index is 0.0361. The lowest BCUT2D eigenvalue weighted by Crippen LogP contribution is -2.40. The molecule has 0 aliphatic rings. The lowest BCUT2D eigenvalue weighted by molar-refractivity contribution is -0.119. The highest BCUT2D eigenvalue weighted by atomic mass is 32.2. The summed E-state index contributed by atoms with van der Waals surface area (Å²) in [4.78, 5) is 15.2. The van der Waals surface area contributed by atoms with Gasteiger partial charge in [0, 0.05) is 25.3 Å². The Morgan fingerprint density at radius 1 is 0.861 bits per heavy atom. The van der Waals surface area contributed by atoms with Crippen LogP contribution in [0.4, 0.5) is 11.4 Å². The molecule has 0 bridgehead atoms. The van der Waals surface area contributed by atoms with Crippen molar-refractivity contribution in [3.63, 3.8) is 0 Å². The van der Waals surface area contributed by atoms with Crippen molar-refractivity contribution in [1.29, 1.82) is 0 Å². The van der Waals surface area contributed by atoms with Gasteiger partial charge in [-0.2, -0.15) is 0 Å². The van der Waals surface area contributed by atoms with E-state index in [1.165, 1.54) is 26.4 Å². The lowest BCUT2D eigenvalue weighted by atomic mass is 10.2. The summed E-state index contributed by atoms with van der Waals surface area (Å²) < 4.78 is 38.8. The molecule has 3 rings (SSSR count). The molecule has 0 fully saturated rings. The predicted molar refractivity (Wildman–Crippen MR) is 142 cm³/mol. The summed E-state index contributed by atoms with van der Waals surface area (Å²) in [5, 5.41) is 2.84. The van der Waals surface area contributed by atoms with Gasteiger partial charge >= 0.3 is 0 Å². The Hall–Kier alpha value is -3.72. The maximum atomic E-state index is 13.6. The molecular weight excluding hydrogens is 478 g/mol. The number of anilines is 2. The molecule has 36 heavy (non-hydrogen) atoms. The monoisotopic (exact) mass is 511 g/mol. The molecule has 3 aromatic rings. The number of sulfonamides is 1. The molecule has 0 spiro atoms. The molecule has 192 valence electrons. The Bertz CT molecular complexity index is 1240. The van der Waals surface area contributed by atoms with Crippen LogP contribution in [-0.2, 0) is 21.4 Å². The summed E-state index contributed by atoms with van der Waals surface area (Å²) in [5.41, 5.74) is 2.30. The molecular formula is C27H33N3O5S. The molecule has 9 heteroatoms. The maximum Gasteiger partial charge on any atom is 0.264 e. The summed E-state index contributed by atoms with van der Waals surface area (Å²) in [5.74, 6) is 0.433. The summed E-state index contributed by atoms with van der Waals surface area (Å²) in [6, 6.07) is 20.7. The van der Waals surface area contributed by atoms with E-state index in [0.717, 1.165) is 28.6 Å². The number of ether oxygens (including phenoxy) is 2. The van der Waals surface area contributed by atoms with Crippen LogP contribution in [0.15, 0.2) is 77.7 Å². The highest BCUT2D eigenvalue weighted by Crippen LogP contribution is 2.32. The molecule has 0 aliphatic heterocycles. The van der Waals surface area contributed by atoms with E-state index in [0.29, 0.717) is 11.5 Å². The number of methoxy groups -OCH3 is 2. The van der Waals surface area contributed by atoms with Gasteiger partial charge in [0.15, 0.2) is 0 Å². The van der Waals surface area contributed by atoms with Crippen LogP contribution in [0.2, 0.25) is 0 Å². The number of amides is 1. The summed E-state index contributed by atoms with van der Waals surface area (Å²) in [6.45, 7) is 5.89. The van der Waals surface area contributed by atoms with Crippen LogP contribution in [0.5, 0.6) is 11.5 Å². The second-order valence-corrected chi connectivity index (χ2v) is 9.84. The molecule has 0 atom stereocenters. The highest BCUT2D eigenvalue weighted by molar-refractivity contribution is 7.92. The van der Waals surface area contributed by atoms with Gasteiger partial charge in [0.2, 0.25) is 5.91 Å². The van der Waals surface area contributed by atoms with E-state index in [2.05, 4.69) is 24.1 Å². The molecule has 0 radical (unpaired) electrons. The van der Waals surface area contributed by atoms with E-state index in [1.54, 1.807) is 36.4 Å². The highest BCUT2D eigenvalue weighted by Gasteiger charge is 2.29. The third-order valence-corrected chi connectivity index (χ3v) is 7.62. The number of benzene rings is 3. The number of para-hydroxylation sites is 2. The van der Waals surface area contributed by atoms with Gasteiger partial charge in [-0.15, -0.1) is 0 Å². The number of carbonyl (C=O) groups excluding carboxylic acids is 1. The fraction of sp³-hybridized carbons (Fsp3) is 0.296. The van der Waals surface area contributed by atoms with Crippen LogP contribution in [-0.4, -0.2) is 48.2 Å². The third-order valence-electron chi connectivity index (χ3n) is 5.84. The normalized spacial score (nSPS) is 11.0. The molecule has 0 aromatic heterocycles. The van der Waals surface area contributed by atoms with Crippen LogP contribution < -0.4 is 24.0 Å².